The first kappa shape index (κ1) is 21.2. The van der Waals surface area contributed by atoms with Gasteiger partial charge in [0.25, 0.3) is 0 Å². The molecule has 1 aliphatic rings. The predicted octanol–water partition coefficient (Wildman–Crippen LogP) is 6.88. The minimum atomic E-state index is -0.190. The van der Waals surface area contributed by atoms with Crippen LogP contribution in [-0.2, 0) is 0 Å². The molecule has 2 N–H and O–H groups in total. The molecule has 0 aliphatic heterocycles. The van der Waals surface area contributed by atoms with E-state index in [0.29, 0.717) is 5.92 Å². The zero-order valence-electron chi connectivity index (χ0n) is 18.3. The average molecular weight is 413 g/mol. The molecule has 3 aromatic rings. The van der Waals surface area contributed by atoms with Gasteiger partial charge in [0.15, 0.2) is 0 Å². The van der Waals surface area contributed by atoms with E-state index < -0.39 is 0 Å². The van der Waals surface area contributed by atoms with E-state index in [2.05, 4.69) is 47.0 Å². The third-order valence-corrected chi connectivity index (χ3v) is 6.40. The fourth-order valence-electron chi connectivity index (χ4n) is 4.60. The molecule has 1 aliphatic carbocycles. The van der Waals surface area contributed by atoms with E-state index in [1.807, 2.05) is 55.5 Å². The Kier molecular flexibility index (Phi) is 7.03. The first-order valence-corrected chi connectivity index (χ1v) is 11.5. The Balaban J connectivity index is 1.50. The Morgan fingerprint density at radius 2 is 1.26 bits per heavy atom. The number of hydrogen-bond acceptors (Lipinski definition) is 1. The summed E-state index contributed by atoms with van der Waals surface area (Å²) in [5.41, 5.74) is 4.70. The lowest BCUT2D eigenvalue weighted by Crippen LogP contribution is -2.39. The van der Waals surface area contributed by atoms with Crippen molar-refractivity contribution in [3.05, 3.63) is 107 Å². The van der Waals surface area contributed by atoms with Crippen LogP contribution >= 0.6 is 0 Å². The van der Waals surface area contributed by atoms with Gasteiger partial charge in [-0.05, 0) is 47.9 Å². The molecule has 3 nitrogen and oxygen atoms in total. The van der Waals surface area contributed by atoms with E-state index in [1.165, 1.54) is 37.7 Å². The Labute approximate surface area is 185 Å². The number of amides is 2. The van der Waals surface area contributed by atoms with Crippen molar-refractivity contribution in [2.24, 2.45) is 0 Å². The lowest BCUT2D eigenvalue weighted by atomic mass is 9.83. The number of carbonyl (C=O) groups is 1. The Hall–Kier alpha value is -3.07. The van der Waals surface area contributed by atoms with E-state index >= 15 is 0 Å². The summed E-state index contributed by atoms with van der Waals surface area (Å²) in [6, 6.07) is 28.7. The lowest BCUT2D eigenvalue weighted by molar-refractivity contribution is 0.235. The van der Waals surface area contributed by atoms with Gasteiger partial charge in [0.2, 0.25) is 0 Å². The second kappa shape index (κ2) is 10.3. The highest BCUT2D eigenvalue weighted by Crippen LogP contribution is 2.33. The molecule has 3 heteroatoms. The number of urea groups is 1. The van der Waals surface area contributed by atoms with Crippen LogP contribution in [0, 0.1) is 0 Å². The van der Waals surface area contributed by atoms with Crippen LogP contribution in [0.2, 0.25) is 0 Å². The molecule has 1 fully saturated rings. The number of benzene rings is 3. The second-order valence-electron chi connectivity index (χ2n) is 8.60. The molecule has 2 atom stereocenters. The van der Waals surface area contributed by atoms with Gasteiger partial charge in [-0.25, -0.2) is 4.79 Å². The van der Waals surface area contributed by atoms with Gasteiger partial charge in [-0.2, -0.15) is 0 Å². The normalized spacial score (nSPS) is 16.3. The fourth-order valence-corrected chi connectivity index (χ4v) is 4.60. The van der Waals surface area contributed by atoms with Crippen LogP contribution < -0.4 is 10.6 Å². The summed E-state index contributed by atoms with van der Waals surface area (Å²) in [5, 5.41) is 6.28. The highest BCUT2D eigenvalue weighted by atomic mass is 16.2. The summed E-state index contributed by atoms with van der Waals surface area (Å²) in [7, 11) is 0. The van der Waals surface area contributed by atoms with Crippen molar-refractivity contribution < 1.29 is 4.79 Å². The van der Waals surface area contributed by atoms with Crippen molar-refractivity contribution in [2.75, 3.05) is 0 Å². The number of nitrogens with one attached hydrogen (secondary N) is 2. The SMILES string of the molecule is C[C@@H](NC(=O)NC(c1ccccc1)c1ccc(C2CCCCC2)cc1)c1ccccc1. The Morgan fingerprint density at radius 3 is 1.87 bits per heavy atom. The first-order chi connectivity index (χ1) is 15.2. The number of rotatable bonds is 6. The first-order valence-electron chi connectivity index (χ1n) is 11.5. The van der Waals surface area contributed by atoms with Crippen LogP contribution in [0.5, 0.6) is 0 Å². The van der Waals surface area contributed by atoms with Crippen LogP contribution in [-0.4, -0.2) is 6.03 Å². The molecule has 0 saturated heterocycles. The monoisotopic (exact) mass is 412 g/mol. The standard InChI is InChI=1S/C28H32N2O/c1-21(22-11-5-2-6-12-22)29-28(31)30-27(25-15-9-4-10-16-25)26-19-17-24(18-20-26)23-13-7-3-8-14-23/h2,4-6,9-12,15-21,23,27H,3,7-8,13-14H2,1H3,(H2,29,30,31)/t21-,27?/m1/s1. The van der Waals surface area contributed by atoms with Crippen LogP contribution in [0.1, 0.15) is 79.3 Å². The van der Waals surface area contributed by atoms with E-state index in [9.17, 15) is 4.79 Å². The number of hydrogen-bond donors (Lipinski definition) is 2. The van der Waals surface area contributed by atoms with Gasteiger partial charge in [-0.3, -0.25) is 0 Å². The highest BCUT2D eigenvalue weighted by molar-refractivity contribution is 5.75. The van der Waals surface area contributed by atoms with E-state index in [0.717, 1.165) is 16.7 Å². The molecule has 160 valence electrons. The minimum Gasteiger partial charge on any atom is -0.332 e. The molecule has 31 heavy (non-hydrogen) atoms. The van der Waals surface area contributed by atoms with Gasteiger partial charge in [0, 0.05) is 0 Å². The molecule has 2 amide bonds. The van der Waals surface area contributed by atoms with Crippen LogP contribution in [0.15, 0.2) is 84.9 Å². The molecule has 4 rings (SSSR count). The van der Waals surface area contributed by atoms with Crippen molar-refractivity contribution in [1.29, 1.82) is 0 Å². The van der Waals surface area contributed by atoms with Crippen molar-refractivity contribution in [3.63, 3.8) is 0 Å². The maximum Gasteiger partial charge on any atom is 0.316 e. The average Bonchev–Trinajstić information content (AvgIpc) is 2.84. The molecule has 0 spiro atoms. The maximum absolute atomic E-state index is 12.9. The van der Waals surface area contributed by atoms with Crippen molar-refractivity contribution in [3.8, 4) is 0 Å². The molecule has 0 bridgehead atoms. The summed E-state index contributed by atoms with van der Waals surface area (Å²) in [4.78, 5) is 12.9. The van der Waals surface area contributed by atoms with Crippen molar-refractivity contribution in [2.45, 2.75) is 57.0 Å². The van der Waals surface area contributed by atoms with Gasteiger partial charge in [0.1, 0.15) is 0 Å². The van der Waals surface area contributed by atoms with Crippen LogP contribution in [0.4, 0.5) is 4.79 Å². The number of carbonyl (C=O) groups excluding carboxylic acids is 1. The minimum absolute atomic E-state index is 0.0636. The van der Waals surface area contributed by atoms with E-state index in [1.54, 1.807) is 0 Å². The second-order valence-corrected chi connectivity index (χ2v) is 8.60. The summed E-state index contributed by atoms with van der Waals surface area (Å²) < 4.78 is 0. The maximum atomic E-state index is 12.9. The molecule has 0 radical (unpaired) electrons. The predicted molar refractivity (Wildman–Crippen MR) is 127 cm³/mol. The van der Waals surface area contributed by atoms with E-state index in [4.69, 9.17) is 0 Å². The van der Waals surface area contributed by atoms with Gasteiger partial charge in [-0.1, -0.05) is 104 Å². The largest absolute Gasteiger partial charge is 0.332 e. The fraction of sp³-hybridized carbons (Fsp3) is 0.321. The quantitative estimate of drug-likeness (QED) is 0.455. The molecular formula is C28H32N2O. The summed E-state index contributed by atoms with van der Waals surface area (Å²) in [6.07, 6.45) is 6.62. The van der Waals surface area contributed by atoms with Gasteiger partial charge >= 0.3 is 6.03 Å². The van der Waals surface area contributed by atoms with Gasteiger partial charge in [0.05, 0.1) is 12.1 Å². The molecule has 0 heterocycles. The summed E-state index contributed by atoms with van der Waals surface area (Å²) in [5.74, 6) is 0.681. The summed E-state index contributed by atoms with van der Waals surface area (Å²) >= 11 is 0. The van der Waals surface area contributed by atoms with Crippen molar-refractivity contribution in [1.82, 2.24) is 10.6 Å². The molecule has 0 aromatic heterocycles. The Morgan fingerprint density at radius 1 is 0.710 bits per heavy atom. The highest BCUT2D eigenvalue weighted by Gasteiger charge is 2.20. The third kappa shape index (κ3) is 5.55. The molecule has 1 saturated carbocycles. The zero-order chi connectivity index (χ0) is 21.5. The van der Waals surface area contributed by atoms with Crippen molar-refractivity contribution >= 4 is 6.03 Å². The summed E-state index contributed by atoms with van der Waals surface area (Å²) in [6.45, 7) is 2.01. The van der Waals surface area contributed by atoms with Gasteiger partial charge in [-0.15, -0.1) is 0 Å². The van der Waals surface area contributed by atoms with Gasteiger partial charge < -0.3 is 10.6 Å². The van der Waals surface area contributed by atoms with Crippen LogP contribution in [0.3, 0.4) is 0 Å². The lowest BCUT2D eigenvalue weighted by Gasteiger charge is -2.24. The van der Waals surface area contributed by atoms with Crippen LogP contribution in [0.25, 0.3) is 0 Å². The molecule has 1 unspecified atom stereocenters. The molecular weight excluding hydrogens is 380 g/mol. The Bertz CT molecular complexity index is 947. The topological polar surface area (TPSA) is 41.1 Å². The molecule has 3 aromatic carbocycles. The third-order valence-electron chi connectivity index (χ3n) is 6.40. The zero-order valence-corrected chi connectivity index (χ0v) is 18.3. The van der Waals surface area contributed by atoms with E-state index in [-0.39, 0.29) is 18.1 Å². The smallest absolute Gasteiger partial charge is 0.316 e.